The second-order valence-electron chi connectivity index (χ2n) is 5.57. The van der Waals surface area contributed by atoms with Crippen LogP contribution in [-0.4, -0.2) is 24.0 Å². The van der Waals surface area contributed by atoms with Crippen molar-refractivity contribution in [2.24, 2.45) is 0 Å². The fraction of sp³-hybridized carbons (Fsp3) is 0.647. The molecule has 0 saturated carbocycles. The molecule has 2 nitrogen and oxygen atoms in total. The molecule has 0 aliphatic carbocycles. The molecule has 0 fully saturated rings. The zero-order valence-electron chi connectivity index (χ0n) is 13.1. The van der Waals surface area contributed by atoms with Crippen LogP contribution in [0.2, 0.25) is 0 Å². The predicted octanol–water partition coefficient (Wildman–Crippen LogP) is 3.81. The minimum atomic E-state index is 0.546. The van der Waals surface area contributed by atoms with E-state index in [2.05, 4.69) is 62.2 Å². The Morgan fingerprint density at radius 3 is 2.21 bits per heavy atom. The molecule has 0 spiro atoms. The summed E-state index contributed by atoms with van der Waals surface area (Å²) in [6.07, 6.45) is 2.57. The zero-order chi connectivity index (χ0) is 14.1. The minimum absolute atomic E-state index is 0.546. The normalized spacial score (nSPS) is 11.5. The quantitative estimate of drug-likeness (QED) is 0.728. The minimum Gasteiger partial charge on any atom is -0.310 e. The summed E-state index contributed by atoms with van der Waals surface area (Å²) < 4.78 is 0. The molecule has 0 aliphatic rings. The summed E-state index contributed by atoms with van der Waals surface area (Å²) in [4.78, 5) is 2.52. The van der Waals surface area contributed by atoms with Gasteiger partial charge in [0.2, 0.25) is 0 Å². The second-order valence-corrected chi connectivity index (χ2v) is 5.57. The van der Waals surface area contributed by atoms with Crippen molar-refractivity contribution in [2.75, 3.05) is 13.1 Å². The Kier molecular flexibility index (Phi) is 7.76. The molecule has 0 saturated heterocycles. The fourth-order valence-electron chi connectivity index (χ4n) is 2.07. The van der Waals surface area contributed by atoms with Crippen molar-refractivity contribution < 1.29 is 0 Å². The van der Waals surface area contributed by atoms with Crippen molar-refractivity contribution in [1.29, 1.82) is 0 Å². The van der Waals surface area contributed by atoms with Gasteiger partial charge in [-0.3, -0.25) is 4.90 Å². The third-order valence-electron chi connectivity index (χ3n) is 3.42. The average molecular weight is 262 g/mol. The van der Waals surface area contributed by atoms with Crippen LogP contribution in [0.4, 0.5) is 0 Å². The standard InChI is InChI=1S/C17H30N2/c1-5-7-12-19(6-2)14-17-10-8-16(9-11-17)13-18-15(3)4/h8-11,15,18H,5-7,12-14H2,1-4H3. The first-order chi connectivity index (χ1) is 9.15. The predicted molar refractivity (Wildman–Crippen MR) is 84.3 cm³/mol. The Morgan fingerprint density at radius 1 is 1.05 bits per heavy atom. The van der Waals surface area contributed by atoms with Gasteiger partial charge in [-0.1, -0.05) is 58.4 Å². The van der Waals surface area contributed by atoms with Crippen LogP contribution in [0.15, 0.2) is 24.3 Å². The second kappa shape index (κ2) is 9.11. The van der Waals surface area contributed by atoms with E-state index in [9.17, 15) is 0 Å². The molecular weight excluding hydrogens is 232 g/mol. The molecule has 0 heterocycles. The molecule has 0 radical (unpaired) electrons. The third kappa shape index (κ3) is 6.74. The zero-order valence-corrected chi connectivity index (χ0v) is 13.1. The third-order valence-corrected chi connectivity index (χ3v) is 3.42. The topological polar surface area (TPSA) is 15.3 Å². The van der Waals surface area contributed by atoms with Gasteiger partial charge in [0.1, 0.15) is 0 Å². The van der Waals surface area contributed by atoms with Crippen LogP contribution >= 0.6 is 0 Å². The molecule has 0 aliphatic heterocycles. The Hall–Kier alpha value is -0.860. The number of nitrogens with one attached hydrogen (secondary N) is 1. The summed E-state index contributed by atoms with van der Waals surface area (Å²) >= 11 is 0. The Balaban J connectivity index is 2.46. The Morgan fingerprint density at radius 2 is 1.68 bits per heavy atom. The monoisotopic (exact) mass is 262 g/mol. The van der Waals surface area contributed by atoms with E-state index in [1.54, 1.807) is 0 Å². The molecule has 108 valence electrons. The SMILES string of the molecule is CCCCN(CC)Cc1ccc(CNC(C)C)cc1. The van der Waals surface area contributed by atoms with E-state index in [1.165, 1.54) is 30.5 Å². The van der Waals surface area contributed by atoms with Gasteiger partial charge in [-0.05, 0) is 30.6 Å². The number of hydrogen-bond donors (Lipinski definition) is 1. The summed E-state index contributed by atoms with van der Waals surface area (Å²) in [5, 5.41) is 3.45. The van der Waals surface area contributed by atoms with Gasteiger partial charge in [-0.2, -0.15) is 0 Å². The van der Waals surface area contributed by atoms with Gasteiger partial charge >= 0.3 is 0 Å². The smallest absolute Gasteiger partial charge is 0.0233 e. The van der Waals surface area contributed by atoms with E-state index in [0.717, 1.165) is 19.6 Å². The van der Waals surface area contributed by atoms with Crippen LogP contribution in [0.3, 0.4) is 0 Å². The van der Waals surface area contributed by atoms with Crippen molar-refractivity contribution in [3.8, 4) is 0 Å². The van der Waals surface area contributed by atoms with E-state index >= 15 is 0 Å². The van der Waals surface area contributed by atoms with E-state index in [-0.39, 0.29) is 0 Å². The first-order valence-electron chi connectivity index (χ1n) is 7.69. The van der Waals surface area contributed by atoms with Gasteiger partial charge < -0.3 is 5.32 Å². The molecule has 0 unspecified atom stereocenters. The maximum absolute atomic E-state index is 3.45. The van der Waals surface area contributed by atoms with Crippen molar-refractivity contribution in [3.63, 3.8) is 0 Å². The molecule has 0 amide bonds. The van der Waals surface area contributed by atoms with E-state index in [4.69, 9.17) is 0 Å². The molecule has 0 aromatic heterocycles. The number of benzene rings is 1. The lowest BCUT2D eigenvalue weighted by Gasteiger charge is -2.20. The van der Waals surface area contributed by atoms with Crippen LogP contribution in [-0.2, 0) is 13.1 Å². The van der Waals surface area contributed by atoms with Crippen molar-refractivity contribution in [1.82, 2.24) is 10.2 Å². The highest BCUT2D eigenvalue weighted by Crippen LogP contribution is 2.08. The number of hydrogen-bond acceptors (Lipinski definition) is 2. The van der Waals surface area contributed by atoms with Crippen molar-refractivity contribution >= 4 is 0 Å². The summed E-state index contributed by atoms with van der Waals surface area (Å²) in [5.74, 6) is 0. The molecule has 0 bridgehead atoms. The summed E-state index contributed by atoms with van der Waals surface area (Å²) in [6.45, 7) is 13.3. The summed E-state index contributed by atoms with van der Waals surface area (Å²) in [5.41, 5.74) is 2.79. The van der Waals surface area contributed by atoms with Crippen LogP contribution in [0, 0.1) is 0 Å². The van der Waals surface area contributed by atoms with Crippen LogP contribution in [0.1, 0.15) is 51.7 Å². The number of nitrogens with zero attached hydrogens (tertiary/aromatic N) is 1. The van der Waals surface area contributed by atoms with Gasteiger partial charge in [0.15, 0.2) is 0 Å². The number of unbranched alkanes of at least 4 members (excludes halogenated alkanes) is 1. The van der Waals surface area contributed by atoms with Crippen molar-refractivity contribution in [2.45, 2.75) is 59.7 Å². The van der Waals surface area contributed by atoms with Crippen molar-refractivity contribution in [3.05, 3.63) is 35.4 Å². The summed E-state index contributed by atoms with van der Waals surface area (Å²) in [7, 11) is 0. The Bertz CT molecular complexity index is 330. The molecule has 1 aromatic carbocycles. The van der Waals surface area contributed by atoms with E-state index in [0.29, 0.717) is 6.04 Å². The van der Waals surface area contributed by atoms with Gasteiger partial charge in [0.05, 0.1) is 0 Å². The molecule has 0 atom stereocenters. The van der Waals surface area contributed by atoms with E-state index in [1.807, 2.05) is 0 Å². The molecule has 1 N–H and O–H groups in total. The maximum atomic E-state index is 3.45. The van der Waals surface area contributed by atoms with Crippen LogP contribution in [0.5, 0.6) is 0 Å². The molecule has 1 rings (SSSR count). The van der Waals surface area contributed by atoms with Gasteiger partial charge in [-0.25, -0.2) is 0 Å². The lowest BCUT2D eigenvalue weighted by atomic mass is 10.1. The van der Waals surface area contributed by atoms with Gasteiger partial charge in [-0.15, -0.1) is 0 Å². The molecule has 19 heavy (non-hydrogen) atoms. The lowest BCUT2D eigenvalue weighted by Crippen LogP contribution is -2.24. The van der Waals surface area contributed by atoms with Crippen LogP contribution in [0.25, 0.3) is 0 Å². The largest absolute Gasteiger partial charge is 0.310 e. The number of rotatable bonds is 9. The first kappa shape index (κ1) is 16.2. The first-order valence-corrected chi connectivity index (χ1v) is 7.69. The summed E-state index contributed by atoms with van der Waals surface area (Å²) in [6, 6.07) is 9.58. The highest BCUT2D eigenvalue weighted by molar-refractivity contribution is 5.22. The highest BCUT2D eigenvalue weighted by Gasteiger charge is 2.03. The highest BCUT2D eigenvalue weighted by atomic mass is 15.1. The lowest BCUT2D eigenvalue weighted by molar-refractivity contribution is 0.275. The fourth-order valence-corrected chi connectivity index (χ4v) is 2.07. The maximum Gasteiger partial charge on any atom is 0.0233 e. The van der Waals surface area contributed by atoms with Gasteiger partial charge in [0, 0.05) is 19.1 Å². The molecule has 1 aromatic rings. The molecular formula is C17H30N2. The average Bonchev–Trinajstić information content (AvgIpc) is 2.42. The van der Waals surface area contributed by atoms with Crippen LogP contribution < -0.4 is 5.32 Å². The van der Waals surface area contributed by atoms with E-state index < -0.39 is 0 Å². The van der Waals surface area contributed by atoms with Gasteiger partial charge in [0.25, 0.3) is 0 Å². The molecule has 2 heteroatoms. The Labute approximate surface area is 119 Å².